The Kier molecular flexibility index (Phi) is 2.24. The van der Waals surface area contributed by atoms with E-state index >= 15 is 0 Å². The maximum absolute atomic E-state index is 10.8. The number of hydrogen-bond acceptors (Lipinski definition) is 5. The van der Waals surface area contributed by atoms with Crippen molar-refractivity contribution in [2.24, 2.45) is 0 Å². The van der Waals surface area contributed by atoms with Gasteiger partial charge in [0.05, 0.1) is 0 Å². The molecule has 0 aliphatic carbocycles. The maximum Gasteiger partial charge on any atom is 0.356 e. The molecular weight excluding hydrogens is 216 g/mol. The molecule has 78 valence electrons. The van der Waals surface area contributed by atoms with Crippen molar-refractivity contribution in [2.45, 2.75) is 13.8 Å². The van der Waals surface area contributed by atoms with E-state index in [1.165, 1.54) is 16.2 Å². The minimum Gasteiger partial charge on any atom is -0.476 e. The van der Waals surface area contributed by atoms with Crippen LogP contribution in [0.3, 0.4) is 0 Å². The molecule has 0 amide bonds. The molecule has 0 fully saturated rings. The van der Waals surface area contributed by atoms with Gasteiger partial charge in [0.15, 0.2) is 5.69 Å². The summed E-state index contributed by atoms with van der Waals surface area (Å²) in [5.41, 5.74) is 0.651. The van der Waals surface area contributed by atoms with Crippen molar-refractivity contribution < 1.29 is 9.90 Å². The first-order chi connectivity index (χ1) is 7.08. The van der Waals surface area contributed by atoms with Gasteiger partial charge in [-0.1, -0.05) is 0 Å². The topological polar surface area (TPSA) is 80.9 Å². The molecule has 0 saturated heterocycles. The van der Waals surface area contributed by atoms with Crippen molar-refractivity contribution in [3.8, 4) is 5.13 Å². The average molecular weight is 224 g/mol. The third-order valence-corrected chi connectivity index (χ3v) is 2.61. The van der Waals surface area contributed by atoms with Crippen molar-refractivity contribution >= 4 is 17.5 Å². The average Bonchev–Trinajstić information content (AvgIpc) is 2.71. The van der Waals surface area contributed by atoms with E-state index in [1.54, 1.807) is 20.0 Å². The van der Waals surface area contributed by atoms with Gasteiger partial charge in [0.25, 0.3) is 0 Å². The summed E-state index contributed by atoms with van der Waals surface area (Å²) in [5.74, 6) is -0.382. The predicted molar refractivity (Wildman–Crippen MR) is 53.5 cm³/mol. The van der Waals surface area contributed by atoms with Crippen LogP contribution in [0.15, 0.2) is 6.20 Å². The van der Waals surface area contributed by atoms with Crippen molar-refractivity contribution in [1.82, 2.24) is 19.1 Å². The molecule has 6 nitrogen and oxygen atoms in total. The van der Waals surface area contributed by atoms with Crippen LogP contribution in [0.1, 0.15) is 21.9 Å². The lowest BCUT2D eigenvalue weighted by Gasteiger charge is -1.90. The van der Waals surface area contributed by atoms with Crippen LogP contribution in [-0.2, 0) is 0 Å². The van der Waals surface area contributed by atoms with Gasteiger partial charge in [-0.15, -0.1) is 0 Å². The van der Waals surface area contributed by atoms with E-state index < -0.39 is 5.97 Å². The van der Waals surface area contributed by atoms with E-state index in [9.17, 15) is 4.79 Å². The molecule has 1 N–H and O–H groups in total. The highest BCUT2D eigenvalue weighted by Crippen LogP contribution is 2.13. The Morgan fingerprint density at radius 3 is 2.73 bits per heavy atom. The molecule has 0 bridgehead atoms. The van der Waals surface area contributed by atoms with Crippen molar-refractivity contribution in [3.05, 3.63) is 23.3 Å². The number of carbonyl (C=O) groups is 1. The number of carboxylic acid groups (broad SMARTS) is 1. The SMILES string of the molecule is Cc1nsc(-n2cc(C)c(C(=O)O)n2)n1. The minimum atomic E-state index is -1.03. The fourth-order valence-electron chi connectivity index (χ4n) is 1.15. The highest BCUT2D eigenvalue weighted by molar-refractivity contribution is 7.08. The van der Waals surface area contributed by atoms with E-state index in [-0.39, 0.29) is 5.69 Å². The molecular formula is C8H8N4O2S. The summed E-state index contributed by atoms with van der Waals surface area (Å²) in [6.45, 7) is 3.47. The molecule has 0 saturated carbocycles. The lowest BCUT2D eigenvalue weighted by Crippen LogP contribution is -2.01. The number of aryl methyl sites for hydroxylation is 2. The fourth-order valence-corrected chi connectivity index (χ4v) is 1.75. The summed E-state index contributed by atoms with van der Waals surface area (Å²) >= 11 is 1.18. The number of aromatic carboxylic acids is 1. The van der Waals surface area contributed by atoms with E-state index in [4.69, 9.17) is 5.11 Å². The smallest absolute Gasteiger partial charge is 0.356 e. The Bertz CT molecular complexity index is 516. The first-order valence-corrected chi connectivity index (χ1v) is 4.95. The Morgan fingerprint density at radius 2 is 2.27 bits per heavy atom. The fraction of sp³-hybridized carbons (Fsp3) is 0.250. The monoisotopic (exact) mass is 224 g/mol. The van der Waals surface area contributed by atoms with Crippen LogP contribution < -0.4 is 0 Å². The van der Waals surface area contributed by atoms with Gasteiger partial charge in [-0.3, -0.25) is 0 Å². The Morgan fingerprint density at radius 1 is 1.53 bits per heavy atom. The van der Waals surface area contributed by atoms with Gasteiger partial charge in [-0.25, -0.2) is 14.5 Å². The minimum absolute atomic E-state index is 0.0443. The Labute approximate surface area is 89.4 Å². The number of rotatable bonds is 2. The summed E-state index contributed by atoms with van der Waals surface area (Å²) in [4.78, 5) is 14.9. The third kappa shape index (κ3) is 1.73. The maximum atomic E-state index is 10.8. The summed E-state index contributed by atoms with van der Waals surface area (Å²) in [5, 5.41) is 13.3. The zero-order chi connectivity index (χ0) is 11.0. The second-order valence-corrected chi connectivity index (χ2v) is 3.76. The molecule has 0 unspecified atom stereocenters. The van der Waals surface area contributed by atoms with E-state index in [0.717, 1.165) is 0 Å². The normalized spacial score (nSPS) is 10.5. The molecule has 0 aromatic carbocycles. The molecule has 0 aliphatic heterocycles. The quantitative estimate of drug-likeness (QED) is 0.824. The zero-order valence-corrected chi connectivity index (χ0v) is 8.95. The molecule has 0 radical (unpaired) electrons. The molecule has 0 atom stereocenters. The largest absolute Gasteiger partial charge is 0.476 e. The molecule has 0 spiro atoms. The first kappa shape index (κ1) is 9.78. The van der Waals surface area contributed by atoms with Gasteiger partial charge in [0.2, 0.25) is 5.13 Å². The summed E-state index contributed by atoms with van der Waals surface area (Å²) < 4.78 is 5.43. The van der Waals surface area contributed by atoms with Crippen LogP contribution >= 0.6 is 11.5 Å². The van der Waals surface area contributed by atoms with Crippen molar-refractivity contribution in [2.75, 3.05) is 0 Å². The standard InChI is InChI=1S/C8H8N4O2S/c1-4-3-12(10-6(4)7(13)14)8-9-5(2)11-15-8/h3H,1-2H3,(H,13,14). The van der Waals surface area contributed by atoms with Gasteiger partial charge in [-0.05, 0) is 13.8 Å². The lowest BCUT2D eigenvalue weighted by molar-refractivity contribution is 0.0689. The third-order valence-electron chi connectivity index (χ3n) is 1.81. The van der Waals surface area contributed by atoms with Gasteiger partial charge in [0.1, 0.15) is 5.82 Å². The summed E-state index contributed by atoms with van der Waals surface area (Å²) in [6, 6.07) is 0. The first-order valence-electron chi connectivity index (χ1n) is 4.18. The summed E-state index contributed by atoms with van der Waals surface area (Å²) in [6.07, 6.45) is 1.63. The number of hydrogen-bond donors (Lipinski definition) is 1. The van der Waals surface area contributed by atoms with Crippen LogP contribution in [0, 0.1) is 13.8 Å². The van der Waals surface area contributed by atoms with E-state index in [1.807, 2.05) is 0 Å². The van der Waals surface area contributed by atoms with Crippen molar-refractivity contribution in [3.63, 3.8) is 0 Å². The molecule has 2 rings (SSSR count). The summed E-state index contributed by atoms with van der Waals surface area (Å²) in [7, 11) is 0. The molecule has 15 heavy (non-hydrogen) atoms. The molecule has 2 aromatic heterocycles. The molecule has 0 aliphatic rings. The van der Waals surface area contributed by atoms with E-state index in [2.05, 4.69) is 14.5 Å². The Balaban J connectivity index is 2.46. The van der Waals surface area contributed by atoms with Crippen LogP contribution in [-0.4, -0.2) is 30.2 Å². The zero-order valence-electron chi connectivity index (χ0n) is 8.13. The number of aromatic nitrogens is 4. The van der Waals surface area contributed by atoms with Gasteiger partial charge >= 0.3 is 5.97 Å². The second-order valence-electron chi connectivity index (χ2n) is 3.03. The predicted octanol–water partition coefficient (Wildman–Crippen LogP) is 1.04. The molecule has 7 heteroatoms. The van der Waals surface area contributed by atoms with Crippen LogP contribution in [0.5, 0.6) is 0 Å². The van der Waals surface area contributed by atoms with Gasteiger partial charge in [-0.2, -0.15) is 9.47 Å². The Hall–Kier alpha value is -1.76. The van der Waals surface area contributed by atoms with Gasteiger partial charge in [0, 0.05) is 23.3 Å². The van der Waals surface area contributed by atoms with E-state index in [0.29, 0.717) is 16.5 Å². The van der Waals surface area contributed by atoms with Crippen LogP contribution in [0.25, 0.3) is 5.13 Å². The van der Waals surface area contributed by atoms with Gasteiger partial charge < -0.3 is 5.11 Å². The second kappa shape index (κ2) is 3.43. The highest BCUT2D eigenvalue weighted by Gasteiger charge is 2.14. The lowest BCUT2D eigenvalue weighted by atomic mass is 10.3. The number of carboxylic acids is 1. The number of nitrogens with zero attached hydrogens (tertiary/aromatic N) is 4. The van der Waals surface area contributed by atoms with Crippen LogP contribution in [0.4, 0.5) is 0 Å². The molecule has 2 heterocycles. The molecule has 2 aromatic rings. The van der Waals surface area contributed by atoms with Crippen molar-refractivity contribution in [1.29, 1.82) is 0 Å². The highest BCUT2D eigenvalue weighted by atomic mass is 32.1. The van der Waals surface area contributed by atoms with Crippen LogP contribution in [0.2, 0.25) is 0 Å².